The Kier molecular flexibility index (Phi) is 15.2. The third kappa shape index (κ3) is 13.0. The first-order valence-electron chi connectivity index (χ1n) is 14.9. The van der Waals surface area contributed by atoms with Crippen molar-refractivity contribution in [2.75, 3.05) is 39.0 Å². The molecule has 0 aromatic heterocycles. The summed E-state index contributed by atoms with van der Waals surface area (Å²) in [6, 6.07) is 6.67. The van der Waals surface area contributed by atoms with Gasteiger partial charge in [-0.15, -0.1) is 0 Å². The highest BCUT2D eigenvalue weighted by molar-refractivity contribution is 7.89. The number of benzene rings is 1. The van der Waals surface area contributed by atoms with Gasteiger partial charge in [0.05, 0.1) is 39.0 Å². The van der Waals surface area contributed by atoms with Crippen molar-refractivity contribution in [3.8, 4) is 0 Å². The molecular formula is C30H54FN2O2S+. The van der Waals surface area contributed by atoms with Crippen LogP contribution in [-0.2, 0) is 16.6 Å². The van der Waals surface area contributed by atoms with Gasteiger partial charge in [0.1, 0.15) is 12.4 Å². The van der Waals surface area contributed by atoms with Gasteiger partial charge in [-0.1, -0.05) is 115 Å². The average Bonchev–Trinajstić information content (AvgIpc) is 2.85. The minimum atomic E-state index is -3.16. The molecule has 1 aromatic carbocycles. The van der Waals surface area contributed by atoms with E-state index in [1.54, 1.807) is 4.31 Å². The van der Waals surface area contributed by atoms with E-state index in [9.17, 15) is 12.8 Å². The number of hydrogen-bond acceptors (Lipinski definition) is 2. The van der Waals surface area contributed by atoms with E-state index in [-0.39, 0.29) is 11.6 Å². The lowest BCUT2D eigenvalue weighted by atomic mass is 10.0. The minimum Gasteiger partial charge on any atom is -0.320 e. The van der Waals surface area contributed by atoms with E-state index in [4.69, 9.17) is 0 Å². The third-order valence-electron chi connectivity index (χ3n) is 7.91. The second kappa shape index (κ2) is 17.5. The van der Waals surface area contributed by atoms with Gasteiger partial charge in [0.25, 0.3) is 0 Å². The number of rotatable bonds is 20. The zero-order valence-electron chi connectivity index (χ0n) is 23.4. The number of nitrogens with zero attached hydrogens (tertiary/aromatic N) is 2. The van der Waals surface area contributed by atoms with Crippen LogP contribution in [0.15, 0.2) is 24.3 Å². The Morgan fingerprint density at radius 3 is 1.58 bits per heavy atom. The normalized spacial score (nSPS) is 16.4. The van der Waals surface area contributed by atoms with Crippen molar-refractivity contribution in [2.45, 2.75) is 116 Å². The Hall–Kier alpha value is -0.980. The van der Waals surface area contributed by atoms with E-state index < -0.39 is 10.0 Å². The van der Waals surface area contributed by atoms with Gasteiger partial charge in [0.2, 0.25) is 10.0 Å². The first kappa shape index (κ1) is 31.2. The van der Waals surface area contributed by atoms with Crippen molar-refractivity contribution in [3.05, 3.63) is 35.6 Å². The molecule has 6 heteroatoms. The molecule has 0 amide bonds. The maximum Gasteiger partial charge on any atom is 0.214 e. The fraction of sp³-hybridized carbons (Fsp3) is 0.800. The second-order valence-corrected chi connectivity index (χ2v) is 13.5. The van der Waals surface area contributed by atoms with Gasteiger partial charge in [-0.25, -0.2) is 12.8 Å². The molecule has 0 atom stereocenters. The molecule has 0 aliphatic carbocycles. The van der Waals surface area contributed by atoms with Gasteiger partial charge in [-0.05, 0) is 18.6 Å². The number of likely N-dealkylation sites (N-methyl/N-ethyl adjacent to an activating group) is 1. The van der Waals surface area contributed by atoms with Crippen LogP contribution in [-0.4, -0.2) is 56.2 Å². The molecule has 1 aromatic rings. The van der Waals surface area contributed by atoms with Crippen molar-refractivity contribution in [2.24, 2.45) is 0 Å². The zero-order valence-corrected chi connectivity index (χ0v) is 24.2. The zero-order chi connectivity index (χ0) is 26.1. The van der Waals surface area contributed by atoms with Gasteiger partial charge in [0, 0.05) is 5.56 Å². The molecule has 1 saturated heterocycles. The number of unbranched alkanes of at least 4 members (excludes halogenated alkanes) is 15. The second-order valence-electron chi connectivity index (χ2n) is 11.4. The third-order valence-corrected chi connectivity index (χ3v) is 9.86. The summed E-state index contributed by atoms with van der Waals surface area (Å²) in [7, 11) is -0.988. The van der Waals surface area contributed by atoms with Crippen LogP contribution >= 0.6 is 0 Å². The molecule has 0 N–H and O–H groups in total. The smallest absolute Gasteiger partial charge is 0.214 e. The van der Waals surface area contributed by atoms with Gasteiger partial charge < -0.3 is 4.48 Å². The molecule has 0 unspecified atom stereocenters. The maximum absolute atomic E-state index is 13.2. The maximum atomic E-state index is 13.2. The lowest BCUT2D eigenvalue weighted by Crippen LogP contribution is -2.57. The highest BCUT2D eigenvalue weighted by atomic mass is 32.2. The number of sulfonamides is 1. The highest BCUT2D eigenvalue weighted by Crippen LogP contribution is 2.19. The van der Waals surface area contributed by atoms with Crippen LogP contribution in [0.2, 0.25) is 0 Å². The average molecular weight is 526 g/mol. The van der Waals surface area contributed by atoms with E-state index in [0.717, 1.165) is 48.9 Å². The Morgan fingerprint density at radius 2 is 1.14 bits per heavy atom. The van der Waals surface area contributed by atoms with Crippen LogP contribution in [0.25, 0.3) is 0 Å². The molecule has 36 heavy (non-hydrogen) atoms. The van der Waals surface area contributed by atoms with Crippen LogP contribution < -0.4 is 0 Å². The molecule has 0 bridgehead atoms. The Labute approximate surface area is 222 Å². The molecular weight excluding hydrogens is 471 g/mol. The van der Waals surface area contributed by atoms with E-state index >= 15 is 0 Å². The van der Waals surface area contributed by atoms with E-state index in [2.05, 4.69) is 14.0 Å². The standard InChI is InChI=1S/C30H54FN2O2S/c1-3-4-5-6-7-8-9-10-11-12-13-14-15-16-17-18-27-36(34,35)32-23-25-33(2,26-24-32)28-29-19-21-30(31)22-20-29/h19-22H,3-18,23-28H2,1-2H3/q+1. The monoisotopic (exact) mass is 525 g/mol. The molecule has 1 fully saturated rings. The van der Waals surface area contributed by atoms with Crippen molar-refractivity contribution >= 4 is 10.0 Å². The number of piperazine rings is 1. The largest absolute Gasteiger partial charge is 0.320 e. The summed E-state index contributed by atoms with van der Waals surface area (Å²) in [6.07, 6.45) is 20.7. The molecule has 1 aliphatic heterocycles. The first-order valence-corrected chi connectivity index (χ1v) is 16.5. The number of halogens is 1. The van der Waals surface area contributed by atoms with E-state index in [1.165, 1.54) is 95.6 Å². The van der Waals surface area contributed by atoms with Gasteiger partial charge >= 0.3 is 0 Å². The highest BCUT2D eigenvalue weighted by Gasteiger charge is 2.34. The van der Waals surface area contributed by atoms with E-state index in [1.807, 2.05) is 12.1 Å². The summed E-state index contributed by atoms with van der Waals surface area (Å²) in [4.78, 5) is 0. The summed E-state index contributed by atoms with van der Waals surface area (Å²) < 4.78 is 41.3. The van der Waals surface area contributed by atoms with Crippen LogP contribution in [0, 0.1) is 5.82 Å². The minimum absolute atomic E-state index is 0.216. The summed E-state index contributed by atoms with van der Waals surface area (Å²) >= 11 is 0. The molecule has 4 nitrogen and oxygen atoms in total. The molecule has 0 saturated carbocycles. The predicted octanol–water partition coefficient (Wildman–Crippen LogP) is 7.68. The Balaban J connectivity index is 1.46. The van der Waals surface area contributed by atoms with Crippen LogP contribution in [0.5, 0.6) is 0 Å². The van der Waals surface area contributed by atoms with Crippen molar-refractivity contribution in [1.29, 1.82) is 0 Å². The van der Waals surface area contributed by atoms with Crippen molar-refractivity contribution in [3.63, 3.8) is 0 Å². The molecule has 2 rings (SSSR count). The molecule has 0 radical (unpaired) electrons. The predicted molar refractivity (Wildman–Crippen MR) is 151 cm³/mol. The lowest BCUT2D eigenvalue weighted by Gasteiger charge is -2.41. The Morgan fingerprint density at radius 1 is 0.722 bits per heavy atom. The summed E-state index contributed by atoms with van der Waals surface area (Å²) in [6.45, 7) is 5.85. The van der Waals surface area contributed by atoms with Crippen LogP contribution in [0.4, 0.5) is 4.39 Å². The van der Waals surface area contributed by atoms with Crippen molar-refractivity contribution < 1.29 is 17.3 Å². The molecule has 1 heterocycles. The fourth-order valence-electron chi connectivity index (χ4n) is 5.36. The molecule has 0 spiro atoms. The summed E-state index contributed by atoms with van der Waals surface area (Å²) in [5.74, 6) is 0.0685. The van der Waals surface area contributed by atoms with Gasteiger partial charge in [0.15, 0.2) is 0 Å². The molecule has 1 aliphatic rings. The quantitative estimate of drug-likeness (QED) is 0.129. The lowest BCUT2D eigenvalue weighted by molar-refractivity contribution is -0.925. The number of quaternary nitrogens is 1. The van der Waals surface area contributed by atoms with Crippen molar-refractivity contribution in [1.82, 2.24) is 4.31 Å². The van der Waals surface area contributed by atoms with Crippen LogP contribution in [0.1, 0.15) is 115 Å². The molecule has 208 valence electrons. The number of hydrogen-bond donors (Lipinski definition) is 0. The van der Waals surface area contributed by atoms with Gasteiger partial charge in [-0.2, -0.15) is 4.31 Å². The summed E-state index contributed by atoms with van der Waals surface area (Å²) in [5.41, 5.74) is 1.10. The summed E-state index contributed by atoms with van der Waals surface area (Å²) in [5, 5.41) is 0. The topological polar surface area (TPSA) is 37.4 Å². The SMILES string of the molecule is CCCCCCCCCCCCCCCCCCS(=O)(=O)N1CC[N+](C)(Cc2ccc(F)cc2)CC1. The van der Waals surface area contributed by atoms with E-state index in [0.29, 0.717) is 13.1 Å². The van der Waals surface area contributed by atoms with Crippen LogP contribution in [0.3, 0.4) is 0 Å². The van der Waals surface area contributed by atoms with Gasteiger partial charge in [-0.3, -0.25) is 0 Å². The first-order chi connectivity index (χ1) is 17.3. The fourth-order valence-corrected chi connectivity index (χ4v) is 6.90. The Bertz CT molecular complexity index is 790.